The lowest BCUT2D eigenvalue weighted by molar-refractivity contribution is 0.0697. The minimum Gasteiger partial charge on any atom is -0.478 e. The maximum atomic E-state index is 14.6. The topological polar surface area (TPSA) is 49.3 Å². The summed E-state index contributed by atoms with van der Waals surface area (Å²) in [5.74, 6) is -0.587. The van der Waals surface area contributed by atoms with Crippen LogP contribution in [0.25, 0.3) is 0 Å². The van der Waals surface area contributed by atoms with E-state index in [1.807, 2.05) is 6.07 Å². The molecule has 2 bridgehead atoms. The van der Waals surface area contributed by atoms with Crippen molar-refractivity contribution in [2.45, 2.75) is 31.2 Å². The van der Waals surface area contributed by atoms with Crippen LogP contribution in [-0.4, -0.2) is 11.1 Å². The Balaban J connectivity index is 1.70. The molecule has 0 aromatic heterocycles. The van der Waals surface area contributed by atoms with Gasteiger partial charge < -0.3 is 10.4 Å². The number of benzene rings is 2. The minimum atomic E-state index is -1.01. The molecule has 2 aromatic carbocycles. The van der Waals surface area contributed by atoms with Gasteiger partial charge in [-0.1, -0.05) is 12.1 Å². The van der Waals surface area contributed by atoms with Gasteiger partial charge in [0.1, 0.15) is 11.6 Å². The predicted molar refractivity (Wildman–Crippen MR) is 93.2 cm³/mol. The van der Waals surface area contributed by atoms with Crippen LogP contribution in [0.3, 0.4) is 0 Å². The largest absolute Gasteiger partial charge is 0.478 e. The van der Waals surface area contributed by atoms with Crippen molar-refractivity contribution in [3.05, 3.63) is 64.7 Å². The van der Waals surface area contributed by atoms with Crippen molar-refractivity contribution in [1.82, 2.24) is 0 Å². The second-order valence-corrected chi connectivity index (χ2v) is 7.80. The van der Waals surface area contributed by atoms with Gasteiger partial charge in [0.25, 0.3) is 0 Å². The molecule has 2 saturated carbocycles. The molecule has 3 aliphatic rings. The van der Waals surface area contributed by atoms with Crippen molar-refractivity contribution in [3.63, 3.8) is 0 Å². The number of anilines is 1. The molecule has 3 nitrogen and oxygen atoms in total. The van der Waals surface area contributed by atoms with Gasteiger partial charge in [-0.15, -0.1) is 0 Å². The van der Waals surface area contributed by atoms with Gasteiger partial charge >= 0.3 is 5.97 Å². The predicted octanol–water partition coefficient (Wildman–Crippen LogP) is 4.96. The standard InChI is InChI=1S/C21H19F2NO2/c22-12-6-7-16(23)15(9-12)20-18-11-5-4-10(8-11)17(18)13-2-1-3-14(21(25)26)19(13)24-20/h1-3,6-7,9-11,17-18,20,24H,4-5,8H2,(H,25,26). The van der Waals surface area contributed by atoms with E-state index in [1.165, 1.54) is 6.07 Å². The normalized spacial score (nSPS) is 31.2. The summed E-state index contributed by atoms with van der Waals surface area (Å²) in [5, 5.41) is 12.9. The van der Waals surface area contributed by atoms with Crippen LogP contribution in [0.1, 0.15) is 52.7 Å². The number of nitrogens with one attached hydrogen (secondary N) is 1. The summed E-state index contributed by atoms with van der Waals surface area (Å²) in [7, 11) is 0. The van der Waals surface area contributed by atoms with Gasteiger partial charge in [-0.3, -0.25) is 0 Å². The smallest absolute Gasteiger partial charge is 0.337 e. The Kier molecular flexibility index (Phi) is 3.36. The maximum Gasteiger partial charge on any atom is 0.337 e. The van der Waals surface area contributed by atoms with Crippen molar-refractivity contribution in [3.8, 4) is 0 Å². The molecule has 5 rings (SSSR count). The number of para-hydroxylation sites is 1. The van der Waals surface area contributed by atoms with Crippen LogP contribution in [-0.2, 0) is 0 Å². The average Bonchev–Trinajstić information content (AvgIpc) is 3.25. The number of hydrogen-bond donors (Lipinski definition) is 2. The molecule has 0 radical (unpaired) electrons. The zero-order valence-electron chi connectivity index (χ0n) is 14.1. The second-order valence-electron chi connectivity index (χ2n) is 7.80. The molecule has 1 heterocycles. The number of carboxylic acids is 1. The fraction of sp³-hybridized carbons (Fsp3) is 0.381. The van der Waals surface area contributed by atoms with Crippen LogP contribution in [0.5, 0.6) is 0 Å². The van der Waals surface area contributed by atoms with Gasteiger partial charge in [0.2, 0.25) is 0 Å². The highest BCUT2D eigenvalue weighted by atomic mass is 19.1. The van der Waals surface area contributed by atoms with Crippen LogP contribution in [0, 0.1) is 29.4 Å². The summed E-state index contributed by atoms with van der Waals surface area (Å²) in [6.07, 6.45) is 3.32. The second kappa shape index (κ2) is 5.53. The number of halogens is 2. The Labute approximate surface area is 150 Å². The van der Waals surface area contributed by atoms with E-state index >= 15 is 0 Å². The molecular formula is C21H19F2NO2. The Morgan fingerprint density at radius 3 is 2.69 bits per heavy atom. The van der Waals surface area contributed by atoms with Gasteiger partial charge in [0.05, 0.1) is 17.3 Å². The molecule has 26 heavy (non-hydrogen) atoms. The van der Waals surface area contributed by atoms with E-state index < -0.39 is 23.6 Å². The van der Waals surface area contributed by atoms with Crippen molar-refractivity contribution in [2.24, 2.45) is 17.8 Å². The number of carboxylic acid groups (broad SMARTS) is 1. The summed E-state index contributed by atoms with van der Waals surface area (Å²) in [6, 6.07) is 8.48. The fourth-order valence-electron chi connectivity index (χ4n) is 5.75. The number of fused-ring (bicyclic) bond motifs is 7. The van der Waals surface area contributed by atoms with E-state index in [-0.39, 0.29) is 17.4 Å². The maximum absolute atomic E-state index is 14.6. The lowest BCUT2D eigenvalue weighted by Gasteiger charge is -2.44. The first-order valence-electron chi connectivity index (χ1n) is 9.12. The lowest BCUT2D eigenvalue weighted by Crippen LogP contribution is -2.36. The molecule has 0 spiro atoms. The number of carbonyl (C=O) groups is 1. The molecule has 5 unspecified atom stereocenters. The van der Waals surface area contributed by atoms with Gasteiger partial charge in [-0.05, 0) is 72.8 Å². The highest BCUT2D eigenvalue weighted by molar-refractivity contribution is 5.95. The Bertz CT molecular complexity index is 913. The zero-order valence-corrected chi connectivity index (χ0v) is 14.1. The summed E-state index contributed by atoms with van der Waals surface area (Å²) < 4.78 is 28.4. The zero-order chi connectivity index (χ0) is 18.0. The highest BCUT2D eigenvalue weighted by Gasteiger charge is 2.54. The van der Waals surface area contributed by atoms with Crippen molar-refractivity contribution < 1.29 is 18.7 Å². The summed E-state index contributed by atoms with van der Waals surface area (Å²) in [4.78, 5) is 11.7. The van der Waals surface area contributed by atoms with Crippen LogP contribution < -0.4 is 5.32 Å². The minimum absolute atomic E-state index is 0.168. The molecule has 2 N–H and O–H groups in total. The van der Waals surface area contributed by atoms with E-state index in [9.17, 15) is 18.7 Å². The fourth-order valence-corrected chi connectivity index (χ4v) is 5.75. The van der Waals surface area contributed by atoms with Gasteiger partial charge in [-0.2, -0.15) is 0 Å². The van der Waals surface area contributed by atoms with Crippen molar-refractivity contribution >= 4 is 11.7 Å². The first kappa shape index (κ1) is 15.8. The third-order valence-corrected chi connectivity index (χ3v) is 6.64. The molecule has 0 saturated heterocycles. The van der Waals surface area contributed by atoms with Crippen LogP contribution >= 0.6 is 0 Å². The van der Waals surface area contributed by atoms with Crippen LogP contribution in [0.2, 0.25) is 0 Å². The summed E-state index contributed by atoms with van der Waals surface area (Å²) >= 11 is 0. The molecular weight excluding hydrogens is 336 g/mol. The van der Waals surface area contributed by atoms with Crippen molar-refractivity contribution in [1.29, 1.82) is 0 Å². The van der Waals surface area contributed by atoms with Gasteiger partial charge in [-0.25, -0.2) is 13.6 Å². The highest BCUT2D eigenvalue weighted by Crippen LogP contribution is 2.64. The van der Waals surface area contributed by atoms with Crippen LogP contribution in [0.15, 0.2) is 36.4 Å². The molecule has 134 valence electrons. The SMILES string of the molecule is O=C(O)c1cccc2c1NC(c1cc(F)ccc1F)C1C3CCC(C3)C21. The van der Waals surface area contributed by atoms with E-state index in [1.54, 1.807) is 12.1 Å². The first-order valence-corrected chi connectivity index (χ1v) is 9.12. The Morgan fingerprint density at radius 2 is 1.88 bits per heavy atom. The quantitative estimate of drug-likeness (QED) is 0.800. The number of hydrogen-bond acceptors (Lipinski definition) is 2. The Morgan fingerprint density at radius 1 is 1.08 bits per heavy atom. The first-order chi connectivity index (χ1) is 12.5. The van der Waals surface area contributed by atoms with E-state index in [0.717, 1.165) is 37.0 Å². The molecule has 5 atom stereocenters. The third kappa shape index (κ3) is 2.12. The third-order valence-electron chi connectivity index (χ3n) is 6.64. The molecule has 2 aromatic rings. The van der Waals surface area contributed by atoms with Crippen molar-refractivity contribution in [2.75, 3.05) is 5.32 Å². The van der Waals surface area contributed by atoms with Crippen LogP contribution in [0.4, 0.5) is 14.5 Å². The number of rotatable bonds is 2. The molecule has 5 heteroatoms. The summed E-state index contributed by atoms with van der Waals surface area (Å²) in [5.41, 5.74) is 2.10. The average molecular weight is 355 g/mol. The summed E-state index contributed by atoms with van der Waals surface area (Å²) in [6.45, 7) is 0. The van der Waals surface area contributed by atoms with Gasteiger partial charge in [0, 0.05) is 5.56 Å². The monoisotopic (exact) mass is 355 g/mol. The van der Waals surface area contributed by atoms with Gasteiger partial charge in [0.15, 0.2) is 0 Å². The Hall–Kier alpha value is -2.43. The lowest BCUT2D eigenvalue weighted by atomic mass is 9.67. The molecule has 2 aliphatic carbocycles. The van der Waals surface area contributed by atoms with E-state index in [2.05, 4.69) is 5.32 Å². The van der Waals surface area contributed by atoms with E-state index in [0.29, 0.717) is 23.1 Å². The molecule has 1 aliphatic heterocycles. The molecule has 0 amide bonds. The number of aromatic carboxylic acids is 1. The van der Waals surface area contributed by atoms with E-state index in [4.69, 9.17) is 0 Å². The molecule has 2 fully saturated rings.